The van der Waals surface area contributed by atoms with Crippen molar-refractivity contribution in [2.24, 2.45) is 0 Å². The highest BCUT2D eigenvalue weighted by atomic mass is 35.5. The number of nitrogen functional groups attached to an aromatic ring is 1. The average Bonchev–Trinajstić information content (AvgIpc) is 2.09. The summed E-state index contributed by atoms with van der Waals surface area (Å²) in [7, 11) is 1.82. The van der Waals surface area contributed by atoms with E-state index in [1.165, 1.54) is 6.20 Å². The van der Waals surface area contributed by atoms with E-state index in [0.717, 1.165) is 0 Å². The third-order valence-corrected chi connectivity index (χ3v) is 1.54. The maximum atomic E-state index is 5.75. The molecule has 0 amide bonds. The van der Waals surface area contributed by atoms with Gasteiger partial charge in [-0.05, 0) is 7.05 Å². The standard InChI is InChI=1S/C8H9ClN4/c1-11-4-2-3-6-5-12-8(10)13-7(6)9/h5,11H,4H2,1H3,(H2,10,12,13). The molecule has 13 heavy (non-hydrogen) atoms. The van der Waals surface area contributed by atoms with E-state index >= 15 is 0 Å². The summed E-state index contributed by atoms with van der Waals surface area (Å²) in [6, 6.07) is 0. The Bertz CT molecular complexity index is 353. The van der Waals surface area contributed by atoms with Crippen LogP contribution in [0.2, 0.25) is 5.15 Å². The Labute approximate surface area is 81.5 Å². The number of anilines is 1. The van der Waals surface area contributed by atoms with Gasteiger partial charge in [-0.15, -0.1) is 0 Å². The van der Waals surface area contributed by atoms with Crippen LogP contribution in [-0.4, -0.2) is 23.6 Å². The molecule has 5 heteroatoms. The van der Waals surface area contributed by atoms with E-state index in [2.05, 4.69) is 27.1 Å². The van der Waals surface area contributed by atoms with Gasteiger partial charge in [0.2, 0.25) is 5.95 Å². The fourth-order valence-electron chi connectivity index (χ4n) is 0.685. The van der Waals surface area contributed by atoms with Crippen LogP contribution >= 0.6 is 11.6 Å². The van der Waals surface area contributed by atoms with E-state index in [1.54, 1.807) is 0 Å². The molecule has 1 heterocycles. The molecule has 3 N–H and O–H groups in total. The lowest BCUT2D eigenvalue weighted by molar-refractivity contribution is 0.938. The van der Waals surface area contributed by atoms with Crippen LogP contribution in [0.4, 0.5) is 5.95 Å². The summed E-state index contributed by atoms with van der Waals surface area (Å²) in [5.41, 5.74) is 5.90. The second-order valence-electron chi connectivity index (χ2n) is 2.26. The maximum absolute atomic E-state index is 5.75. The molecule has 0 saturated carbocycles. The zero-order valence-corrected chi connectivity index (χ0v) is 7.89. The van der Waals surface area contributed by atoms with Crippen LogP contribution < -0.4 is 11.1 Å². The van der Waals surface area contributed by atoms with Crippen molar-refractivity contribution in [3.05, 3.63) is 16.9 Å². The fourth-order valence-corrected chi connectivity index (χ4v) is 0.868. The lowest BCUT2D eigenvalue weighted by Gasteiger charge is -1.94. The first-order valence-corrected chi connectivity index (χ1v) is 4.03. The van der Waals surface area contributed by atoms with E-state index in [0.29, 0.717) is 12.1 Å². The first-order valence-electron chi connectivity index (χ1n) is 3.65. The maximum Gasteiger partial charge on any atom is 0.221 e. The second-order valence-corrected chi connectivity index (χ2v) is 2.62. The Balaban J connectivity index is 2.85. The third kappa shape index (κ3) is 2.90. The van der Waals surface area contributed by atoms with Crippen LogP contribution in [0.5, 0.6) is 0 Å². The smallest absolute Gasteiger partial charge is 0.221 e. The van der Waals surface area contributed by atoms with Crippen molar-refractivity contribution in [3.8, 4) is 11.8 Å². The molecule has 0 aliphatic carbocycles. The zero-order chi connectivity index (χ0) is 9.68. The van der Waals surface area contributed by atoms with Gasteiger partial charge in [0.05, 0.1) is 12.1 Å². The van der Waals surface area contributed by atoms with E-state index < -0.39 is 0 Å². The molecule has 0 bridgehead atoms. The lowest BCUT2D eigenvalue weighted by atomic mass is 10.3. The van der Waals surface area contributed by atoms with Crippen molar-refractivity contribution < 1.29 is 0 Å². The molecule has 0 unspecified atom stereocenters. The van der Waals surface area contributed by atoms with Gasteiger partial charge >= 0.3 is 0 Å². The van der Waals surface area contributed by atoms with Gasteiger partial charge in [0.25, 0.3) is 0 Å². The molecule has 0 saturated heterocycles. The van der Waals surface area contributed by atoms with Crippen molar-refractivity contribution in [3.63, 3.8) is 0 Å². The molecular formula is C8H9ClN4. The number of aromatic nitrogens is 2. The van der Waals surface area contributed by atoms with Crippen LogP contribution in [0, 0.1) is 11.8 Å². The molecule has 0 radical (unpaired) electrons. The van der Waals surface area contributed by atoms with E-state index in [4.69, 9.17) is 17.3 Å². The van der Waals surface area contributed by atoms with Gasteiger partial charge in [-0.3, -0.25) is 0 Å². The van der Waals surface area contributed by atoms with Gasteiger partial charge in [-0.2, -0.15) is 4.98 Å². The number of nitrogens with one attached hydrogen (secondary N) is 1. The van der Waals surface area contributed by atoms with Crippen LogP contribution in [0.15, 0.2) is 6.20 Å². The molecule has 0 atom stereocenters. The Morgan fingerprint density at radius 2 is 2.46 bits per heavy atom. The summed E-state index contributed by atoms with van der Waals surface area (Å²) in [4.78, 5) is 7.54. The number of nitrogens with two attached hydrogens (primary N) is 1. The molecule has 0 aliphatic rings. The molecule has 1 rings (SSSR count). The van der Waals surface area contributed by atoms with E-state index in [-0.39, 0.29) is 11.1 Å². The van der Waals surface area contributed by atoms with Crippen LogP contribution in [0.3, 0.4) is 0 Å². The molecule has 4 nitrogen and oxygen atoms in total. The zero-order valence-electron chi connectivity index (χ0n) is 7.13. The number of halogens is 1. The summed E-state index contributed by atoms with van der Waals surface area (Å²) in [5, 5.41) is 3.17. The molecule has 1 aromatic rings. The van der Waals surface area contributed by atoms with Gasteiger partial charge in [0, 0.05) is 6.20 Å². The minimum Gasteiger partial charge on any atom is -0.368 e. The lowest BCUT2D eigenvalue weighted by Crippen LogP contribution is -2.04. The Hall–Kier alpha value is -1.31. The topological polar surface area (TPSA) is 63.8 Å². The highest BCUT2D eigenvalue weighted by Gasteiger charge is 1.98. The highest BCUT2D eigenvalue weighted by Crippen LogP contribution is 2.10. The number of rotatable bonds is 1. The Kier molecular flexibility index (Phi) is 3.50. The van der Waals surface area contributed by atoms with Crippen molar-refractivity contribution >= 4 is 17.5 Å². The predicted molar refractivity (Wildman–Crippen MR) is 52.3 cm³/mol. The van der Waals surface area contributed by atoms with Gasteiger partial charge < -0.3 is 11.1 Å². The number of nitrogens with zero attached hydrogens (tertiary/aromatic N) is 2. The first kappa shape index (κ1) is 9.78. The number of hydrogen-bond acceptors (Lipinski definition) is 4. The van der Waals surface area contributed by atoms with Crippen molar-refractivity contribution in [2.75, 3.05) is 19.3 Å². The quantitative estimate of drug-likeness (QED) is 0.501. The molecule has 1 aromatic heterocycles. The number of hydrogen-bond donors (Lipinski definition) is 2. The van der Waals surface area contributed by atoms with Gasteiger partial charge in [0.15, 0.2) is 0 Å². The third-order valence-electron chi connectivity index (χ3n) is 1.25. The average molecular weight is 197 g/mol. The Morgan fingerprint density at radius 3 is 3.08 bits per heavy atom. The Morgan fingerprint density at radius 1 is 1.69 bits per heavy atom. The molecule has 68 valence electrons. The summed E-state index contributed by atoms with van der Waals surface area (Å²) in [5.74, 6) is 5.82. The monoisotopic (exact) mass is 196 g/mol. The van der Waals surface area contributed by atoms with Crippen molar-refractivity contribution in [1.29, 1.82) is 0 Å². The van der Waals surface area contributed by atoms with Crippen LogP contribution in [-0.2, 0) is 0 Å². The molecular weight excluding hydrogens is 188 g/mol. The minimum absolute atomic E-state index is 0.157. The largest absolute Gasteiger partial charge is 0.368 e. The van der Waals surface area contributed by atoms with Crippen molar-refractivity contribution in [2.45, 2.75) is 0 Å². The van der Waals surface area contributed by atoms with E-state index in [9.17, 15) is 0 Å². The van der Waals surface area contributed by atoms with Crippen LogP contribution in [0.1, 0.15) is 5.56 Å². The fraction of sp³-hybridized carbons (Fsp3) is 0.250. The minimum atomic E-state index is 0.157. The molecule has 0 spiro atoms. The summed E-state index contributed by atoms with van der Waals surface area (Å²) < 4.78 is 0. The van der Waals surface area contributed by atoms with Crippen LogP contribution in [0.25, 0.3) is 0 Å². The second kappa shape index (κ2) is 4.65. The van der Waals surface area contributed by atoms with Gasteiger partial charge in [-0.1, -0.05) is 23.4 Å². The molecule has 0 aromatic carbocycles. The van der Waals surface area contributed by atoms with E-state index in [1.807, 2.05) is 7.05 Å². The highest BCUT2D eigenvalue weighted by molar-refractivity contribution is 6.30. The SMILES string of the molecule is CNCC#Cc1cnc(N)nc1Cl. The predicted octanol–water partition coefficient (Wildman–Crippen LogP) is 0.283. The molecule has 0 fully saturated rings. The molecule has 0 aliphatic heterocycles. The first-order chi connectivity index (χ1) is 6.24. The van der Waals surface area contributed by atoms with Gasteiger partial charge in [0.1, 0.15) is 5.15 Å². The summed E-state index contributed by atoms with van der Waals surface area (Å²) in [6.45, 7) is 0.598. The summed E-state index contributed by atoms with van der Waals surface area (Å²) >= 11 is 5.75. The van der Waals surface area contributed by atoms with Gasteiger partial charge in [-0.25, -0.2) is 4.98 Å². The normalized spacial score (nSPS) is 9.08. The van der Waals surface area contributed by atoms with Crippen molar-refractivity contribution in [1.82, 2.24) is 15.3 Å². The summed E-state index contributed by atoms with van der Waals surface area (Å²) in [6.07, 6.45) is 1.51.